The minimum atomic E-state index is -0.320. The molecule has 1 N–H and O–H groups in total. The minimum Gasteiger partial charge on any atom is -0.323 e. The lowest BCUT2D eigenvalue weighted by molar-refractivity contribution is -0.121. The van der Waals surface area contributed by atoms with E-state index < -0.39 is 0 Å². The summed E-state index contributed by atoms with van der Waals surface area (Å²) in [6, 6.07) is 13.3. The normalized spacial score (nSPS) is 13.3. The first-order valence-electron chi connectivity index (χ1n) is 8.43. The Morgan fingerprint density at radius 1 is 1.22 bits per heavy atom. The molecule has 2 heterocycles. The van der Waals surface area contributed by atoms with Crippen molar-refractivity contribution < 1.29 is 14.0 Å². The number of hydrogen-bond donors (Lipinski definition) is 1. The number of anilines is 2. The Balaban J connectivity index is 1.65. The van der Waals surface area contributed by atoms with Gasteiger partial charge in [-0.05, 0) is 43.3 Å². The number of aryl methyl sites for hydroxylation is 1. The van der Waals surface area contributed by atoms with Gasteiger partial charge in [-0.25, -0.2) is 9.37 Å². The van der Waals surface area contributed by atoms with Crippen molar-refractivity contribution in [2.45, 2.75) is 13.3 Å². The minimum absolute atomic E-state index is 0.0144. The molecule has 1 aromatic heterocycles. The van der Waals surface area contributed by atoms with Crippen LogP contribution in [0.3, 0.4) is 0 Å². The number of carbonyl (C=O) groups is 2. The van der Waals surface area contributed by atoms with Gasteiger partial charge in [-0.2, -0.15) is 0 Å². The van der Waals surface area contributed by atoms with Crippen LogP contribution in [0, 0.1) is 12.7 Å². The van der Waals surface area contributed by atoms with Gasteiger partial charge in [-0.3, -0.25) is 9.59 Å². The highest BCUT2D eigenvalue weighted by atomic mass is 32.1. The molecule has 0 aliphatic carbocycles. The molecule has 5 nitrogen and oxygen atoms in total. The molecule has 0 saturated carbocycles. The van der Waals surface area contributed by atoms with E-state index in [0.29, 0.717) is 17.1 Å². The Hall–Kier alpha value is -3.06. The highest BCUT2D eigenvalue weighted by Crippen LogP contribution is 2.32. The highest BCUT2D eigenvalue weighted by molar-refractivity contribution is 7.12. The number of aromatic nitrogens is 1. The number of benzene rings is 2. The molecule has 4 rings (SSSR count). The molecular weight excluding hydrogens is 365 g/mol. The van der Waals surface area contributed by atoms with E-state index in [-0.39, 0.29) is 30.6 Å². The number of amides is 2. The van der Waals surface area contributed by atoms with Gasteiger partial charge in [0.2, 0.25) is 11.8 Å². The predicted molar refractivity (Wildman–Crippen MR) is 103 cm³/mol. The zero-order valence-corrected chi connectivity index (χ0v) is 15.3. The predicted octanol–water partition coefficient (Wildman–Crippen LogP) is 3.79. The smallest absolute Gasteiger partial charge is 0.244 e. The van der Waals surface area contributed by atoms with Crippen molar-refractivity contribution in [1.82, 2.24) is 4.98 Å². The van der Waals surface area contributed by atoms with Gasteiger partial charge in [0.1, 0.15) is 12.4 Å². The fraction of sp³-hybridized carbons (Fsp3) is 0.150. The molecule has 136 valence electrons. The topological polar surface area (TPSA) is 62.3 Å². The van der Waals surface area contributed by atoms with E-state index in [1.165, 1.54) is 28.4 Å². The largest absolute Gasteiger partial charge is 0.323 e. The van der Waals surface area contributed by atoms with E-state index in [1.54, 1.807) is 18.2 Å². The van der Waals surface area contributed by atoms with E-state index in [4.69, 9.17) is 0 Å². The maximum absolute atomic E-state index is 13.2. The van der Waals surface area contributed by atoms with Crippen LogP contribution in [0.1, 0.15) is 9.88 Å². The number of halogens is 1. The van der Waals surface area contributed by atoms with Crippen LogP contribution in [-0.4, -0.2) is 23.3 Å². The van der Waals surface area contributed by atoms with Gasteiger partial charge in [-0.1, -0.05) is 12.1 Å². The molecule has 0 bridgehead atoms. The molecule has 3 aromatic rings. The van der Waals surface area contributed by atoms with Crippen molar-refractivity contribution >= 4 is 34.5 Å². The van der Waals surface area contributed by atoms with E-state index in [9.17, 15) is 14.0 Å². The van der Waals surface area contributed by atoms with E-state index in [0.717, 1.165) is 15.4 Å². The quantitative estimate of drug-likeness (QED) is 0.751. The second-order valence-corrected chi connectivity index (χ2v) is 7.52. The highest BCUT2D eigenvalue weighted by Gasteiger charge is 2.27. The van der Waals surface area contributed by atoms with Crippen LogP contribution in [-0.2, 0) is 16.0 Å². The van der Waals surface area contributed by atoms with Crippen LogP contribution in [0.15, 0.2) is 48.5 Å². The van der Waals surface area contributed by atoms with Crippen LogP contribution in [0.25, 0.3) is 11.3 Å². The van der Waals surface area contributed by atoms with Crippen molar-refractivity contribution in [2.75, 3.05) is 16.8 Å². The third-order valence-corrected chi connectivity index (χ3v) is 5.28. The lowest BCUT2D eigenvalue weighted by Gasteiger charge is -2.29. The maximum atomic E-state index is 13.2. The Bertz CT molecular complexity index is 1030. The summed E-state index contributed by atoms with van der Waals surface area (Å²) < 4.78 is 13.2. The molecule has 0 unspecified atom stereocenters. The van der Waals surface area contributed by atoms with Gasteiger partial charge in [0.15, 0.2) is 0 Å². The average Bonchev–Trinajstić information content (AvgIpc) is 3.01. The molecular formula is C20H16FN3O2S. The van der Waals surface area contributed by atoms with Crippen LogP contribution >= 0.6 is 11.3 Å². The van der Waals surface area contributed by atoms with Crippen molar-refractivity contribution in [3.63, 3.8) is 0 Å². The van der Waals surface area contributed by atoms with E-state index >= 15 is 0 Å². The van der Waals surface area contributed by atoms with Crippen molar-refractivity contribution in [1.29, 1.82) is 0 Å². The lowest BCUT2D eigenvalue weighted by Crippen LogP contribution is -2.42. The Labute approximate surface area is 159 Å². The van der Waals surface area contributed by atoms with Crippen LogP contribution in [0.5, 0.6) is 0 Å². The zero-order chi connectivity index (χ0) is 19.0. The number of rotatable bonds is 3. The van der Waals surface area contributed by atoms with E-state index in [1.807, 2.05) is 25.1 Å². The molecule has 1 aliphatic rings. The number of nitrogens with zero attached hydrogens (tertiary/aromatic N) is 2. The number of carbonyl (C=O) groups excluding carboxylic acids is 2. The molecule has 0 fully saturated rings. The van der Waals surface area contributed by atoms with Gasteiger partial charge in [0.25, 0.3) is 0 Å². The second kappa shape index (κ2) is 6.92. The first kappa shape index (κ1) is 17.4. The van der Waals surface area contributed by atoms with Crippen molar-refractivity contribution in [3.05, 3.63) is 64.2 Å². The summed E-state index contributed by atoms with van der Waals surface area (Å²) in [4.78, 5) is 31.8. The first-order chi connectivity index (χ1) is 13.0. The van der Waals surface area contributed by atoms with Crippen molar-refractivity contribution in [3.8, 4) is 11.3 Å². The van der Waals surface area contributed by atoms with Crippen LogP contribution < -0.4 is 10.2 Å². The number of hydrogen-bond acceptors (Lipinski definition) is 4. The van der Waals surface area contributed by atoms with Crippen LogP contribution in [0.4, 0.5) is 15.8 Å². The molecule has 2 aromatic carbocycles. The molecule has 0 atom stereocenters. The third kappa shape index (κ3) is 3.46. The van der Waals surface area contributed by atoms with Gasteiger partial charge >= 0.3 is 0 Å². The summed E-state index contributed by atoms with van der Waals surface area (Å²) in [5, 5.41) is 3.60. The number of para-hydroxylation sites is 2. The average molecular weight is 381 g/mol. The summed E-state index contributed by atoms with van der Waals surface area (Å²) in [5.74, 6) is -0.718. The Morgan fingerprint density at radius 2 is 1.96 bits per heavy atom. The monoisotopic (exact) mass is 381 g/mol. The molecule has 7 heteroatoms. The van der Waals surface area contributed by atoms with Gasteiger partial charge in [-0.15, -0.1) is 11.3 Å². The molecule has 0 spiro atoms. The second-order valence-electron chi connectivity index (χ2n) is 6.23. The number of nitrogens with one attached hydrogen (secondary N) is 1. The third-order valence-electron chi connectivity index (χ3n) is 4.31. The first-order valence-corrected chi connectivity index (χ1v) is 9.24. The van der Waals surface area contributed by atoms with Gasteiger partial charge in [0, 0.05) is 10.4 Å². The molecule has 0 radical (unpaired) electrons. The van der Waals surface area contributed by atoms with Gasteiger partial charge < -0.3 is 10.2 Å². The molecule has 0 saturated heterocycles. The summed E-state index contributed by atoms with van der Waals surface area (Å²) in [5.41, 5.74) is 2.76. The molecule has 27 heavy (non-hydrogen) atoms. The standard InChI is InChI=1S/C20H16FN3O2S/c1-12-22-20(13-6-8-14(21)9-7-13)17(27-12)10-19(26)24-11-18(25)23-15-4-2-3-5-16(15)24/h2-9H,10-11H2,1H3,(H,23,25). The molecule has 2 amide bonds. The summed E-state index contributed by atoms with van der Waals surface area (Å²) in [6.07, 6.45) is 0.125. The summed E-state index contributed by atoms with van der Waals surface area (Å²) in [7, 11) is 0. The van der Waals surface area contributed by atoms with Gasteiger partial charge in [0.05, 0.1) is 28.5 Å². The van der Waals surface area contributed by atoms with E-state index in [2.05, 4.69) is 10.3 Å². The fourth-order valence-electron chi connectivity index (χ4n) is 3.11. The number of fused-ring (bicyclic) bond motifs is 1. The summed E-state index contributed by atoms with van der Waals surface area (Å²) >= 11 is 1.43. The zero-order valence-electron chi connectivity index (χ0n) is 14.5. The van der Waals surface area contributed by atoms with Crippen LogP contribution in [0.2, 0.25) is 0 Å². The maximum Gasteiger partial charge on any atom is 0.244 e. The molecule has 1 aliphatic heterocycles. The SMILES string of the molecule is Cc1nc(-c2ccc(F)cc2)c(CC(=O)N2CC(=O)Nc3ccccc32)s1. The fourth-order valence-corrected chi connectivity index (χ4v) is 4.06. The Kier molecular flexibility index (Phi) is 4.45. The lowest BCUT2D eigenvalue weighted by atomic mass is 10.1. The summed E-state index contributed by atoms with van der Waals surface area (Å²) in [6.45, 7) is 1.86. The number of thiazole rings is 1. The van der Waals surface area contributed by atoms with Crippen molar-refractivity contribution in [2.24, 2.45) is 0 Å². The Morgan fingerprint density at radius 3 is 2.74 bits per heavy atom.